The highest BCUT2D eigenvalue weighted by Crippen LogP contribution is 2.12. The molecule has 0 saturated carbocycles. The predicted octanol–water partition coefficient (Wildman–Crippen LogP) is 3.06. The molecule has 0 aliphatic carbocycles. The van der Waals surface area contributed by atoms with E-state index in [1.807, 2.05) is 37.3 Å². The van der Waals surface area contributed by atoms with Gasteiger partial charge in [0.2, 0.25) is 5.91 Å². The molecule has 0 aromatic heterocycles. The molecule has 0 bridgehead atoms. The van der Waals surface area contributed by atoms with Gasteiger partial charge in [-0.05, 0) is 30.7 Å². The van der Waals surface area contributed by atoms with Crippen molar-refractivity contribution < 1.29 is 19.1 Å². The van der Waals surface area contributed by atoms with E-state index in [0.717, 1.165) is 5.56 Å². The maximum Gasteiger partial charge on any atom is 0.338 e. The summed E-state index contributed by atoms with van der Waals surface area (Å²) >= 11 is 0. The van der Waals surface area contributed by atoms with Crippen LogP contribution in [0.4, 0.5) is 5.69 Å². The minimum absolute atomic E-state index is 0.136. The number of hydrogen-bond acceptors (Lipinski definition) is 4. The Balaban J connectivity index is 1.90. The fourth-order valence-corrected chi connectivity index (χ4v) is 2.13. The van der Waals surface area contributed by atoms with Crippen LogP contribution in [-0.4, -0.2) is 31.7 Å². The van der Waals surface area contributed by atoms with Gasteiger partial charge in [-0.3, -0.25) is 4.79 Å². The Morgan fingerprint density at radius 1 is 1.00 bits per heavy atom. The molecule has 0 spiro atoms. The first-order chi connectivity index (χ1) is 11.7. The Kier molecular flexibility index (Phi) is 6.98. The van der Waals surface area contributed by atoms with Crippen molar-refractivity contribution in [3.8, 4) is 0 Å². The molecule has 24 heavy (non-hydrogen) atoms. The Hall–Kier alpha value is -2.66. The van der Waals surface area contributed by atoms with Crippen molar-refractivity contribution in [2.24, 2.45) is 0 Å². The predicted molar refractivity (Wildman–Crippen MR) is 92.0 cm³/mol. The van der Waals surface area contributed by atoms with E-state index in [2.05, 4.69) is 5.32 Å². The quantitative estimate of drug-likeness (QED) is 0.598. The van der Waals surface area contributed by atoms with E-state index in [0.29, 0.717) is 24.5 Å². The smallest absolute Gasteiger partial charge is 0.338 e. The summed E-state index contributed by atoms with van der Waals surface area (Å²) in [6, 6.07) is 16.2. The van der Waals surface area contributed by atoms with Gasteiger partial charge in [0.25, 0.3) is 0 Å². The summed E-state index contributed by atoms with van der Waals surface area (Å²) in [6.45, 7) is 3.04. The molecule has 0 heterocycles. The van der Waals surface area contributed by atoms with Gasteiger partial charge in [-0.2, -0.15) is 0 Å². The average molecular weight is 327 g/mol. The molecule has 1 amide bonds. The number of carbonyl (C=O) groups is 2. The third-order valence-corrected chi connectivity index (χ3v) is 3.25. The molecule has 0 atom stereocenters. The number of anilines is 1. The molecule has 2 aromatic carbocycles. The van der Waals surface area contributed by atoms with E-state index in [1.165, 1.54) is 0 Å². The maximum atomic E-state index is 12.1. The minimum Gasteiger partial charge on any atom is -0.460 e. The number of carbonyl (C=O) groups excluding carboxylic acids is 2. The van der Waals surface area contributed by atoms with Gasteiger partial charge in [-0.25, -0.2) is 4.79 Å². The monoisotopic (exact) mass is 327 g/mol. The Bertz CT molecular complexity index is 670. The van der Waals surface area contributed by atoms with E-state index < -0.39 is 5.97 Å². The van der Waals surface area contributed by atoms with E-state index in [4.69, 9.17) is 9.47 Å². The van der Waals surface area contributed by atoms with Crippen LogP contribution in [0.15, 0.2) is 54.6 Å². The number of benzene rings is 2. The summed E-state index contributed by atoms with van der Waals surface area (Å²) in [5.41, 5.74) is 1.89. The lowest BCUT2D eigenvalue weighted by molar-refractivity contribution is -0.115. The molecule has 0 fully saturated rings. The van der Waals surface area contributed by atoms with Crippen molar-refractivity contribution in [1.82, 2.24) is 0 Å². The largest absolute Gasteiger partial charge is 0.460 e. The molecule has 0 saturated heterocycles. The zero-order chi connectivity index (χ0) is 17.2. The minimum atomic E-state index is -0.436. The molecule has 2 aromatic rings. The van der Waals surface area contributed by atoms with Gasteiger partial charge < -0.3 is 14.8 Å². The number of esters is 1. The topological polar surface area (TPSA) is 64.6 Å². The Morgan fingerprint density at radius 3 is 2.54 bits per heavy atom. The van der Waals surface area contributed by atoms with Crippen molar-refractivity contribution in [1.29, 1.82) is 0 Å². The highest BCUT2D eigenvalue weighted by molar-refractivity contribution is 5.95. The van der Waals surface area contributed by atoms with Crippen LogP contribution in [0.5, 0.6) is 0 Å². The Labute approximate surface area is 141 Å². The maximum absolute atomic E-state index is 12.1. The molecule has 0 aliphatic heterocycles. The molecule has 5 heteroatoms. The normalized spacial score (nSPS) is 10.2. The number of hydrogen-bond donors (Lipinski definition) is 1. The van der Waals surface area contributed by atoms with Gasteiger partial charge in [0.1, 0.15) is 6.61 Å². The third kappa shape index (κ3) is 5.85. The summed E-state index contributed by atoms with van der Waals surface area (Å²) < 4.78 is 10.2. The van der Waals surface area contributed by atoms with Crippen LogP contribution in [0.25, 0.3) is 0 Å². The molecule has 0 unspecified atom stereocenters. The van der Waals surface area contributed by atoms with Crippen LogP contribution in [0, 0.1) is 0 Å². The third-order valence-electron chi connectivity index (χ3n) is 3.25. The second-order valence-electron chi connectivity index (χ2n) is 5.12. The van der Waals surface area contributed by atoms with Crippen LogP contribution >= 0.6 is 0 Å². The van der Waals surface area contributed by atoms with Crippen molar-refractivity contribution in [3.63, 3.8) is 0 Å². The van der Waals surface area contributed by atoms with Crippen LogP contribution in [0.3, 0.4) is 0 Å². The highest BCUT2D eigenvalue weighted by atomic mass is 16.6. The zero-order valence-electron chi connectivity index (χ0n) is 13.7. The zero-order valence-corrected chi connectivity index (χ0v) is 13.7. The average Bonchev–Trinajstić information content (AvgIpc) is 2.59. The second-order valence-corrected chi connectivity index (χ2v) is 5.12. The SMILES string of the molecule is CCOCCOC(=O)c1cccc(NC(=O)Cc2ccccc2)c1. The number of nitrogens with one attached hydrogen (secondary N) is 1. The fraction of sp³-hybridized carbons (Fsp3) is 0.263. The standard InChI is InChI=1S/C19H21NO4/c1-2-23-11-12-24-19(22)16-9-6-10-17(14-16)20-18(21)13-15-7-4-3-5-8-15/h3-10,14H,2,11-13H2,1H3,(H,20,21). The van der Waals surface area contributed by atoms with Crippen LogP contribution in [-0.2, 0) is 20.7 Å². The van der Waals surface area contributed by atoms with Crippen molar-refractivity contribution in [2.45, 2.75) is 13.3 Å². The first kappa shape index (κ1) is 17.7. The lowest BCUT2D eigenvalue weighted by atomic mass is 10.1. The molecule has 0 radical (unpaired) electrons. The van der Waals surface area contributed by atoms with Gasteiger partial charge in [0.05, 0.1) is 18.6 Å². The lowest BCUT2D eigenvalue weighted by Gasteiger charge is -2.08. The molecule has 5 nitrogen and oxygen atoms in total. The molecular formula is C19H21NO4. The lowest BCUT2D eigenvalue weighted by Crippen LogP contribution is -2.15. The summed E-state index contributed by atoms with van der Waals surface area (Å²) in [5, 5.41) is 2.79. The Morgan fingerprint density at radius 2 is 1.79 bits per heavy atom. The van der Waals surface area contributed by atoms with Crippen molar-refractivity contribution >= 4 is 17.6 Å². The molecular weight excluding hydrogens is 306 g/mol. The molecule has 0 aliphatic rings. The van der Waals surface area contributed by atoms with E-state index in [1.54, 1.807) is 24.3 Å². The molecule has 126 valence electrons. The highest BCUT2D eigenvalue weighted by Gasteiger charge is 2.09. The first-order valence-corrected chi connectivity index (χ1v) is 7.87. The van der Waals surface area contributed by atoms with Crippen molar-refractivity contribution in [3.05, 3.63) is 65.7 Å². The van der Waals surface area contributed by atoms with Gasteiger partial charge in [0.15, 0.2) is 0 Å². The summed E-state index contributed by atoms with van der Waals surface area (Å²) in [5.74, 6) is -0.572. The molecule has 1 N–H and O–H groups in total. The van der Waals surface area contributed by atoms with E-state index in [-0.39, 0.29) is 18.9 Å². The van der Waals surface area contributed by atoms with Gasteiger partial charge in [-0.1, -0.05) is 36.4 Å². The number of amides is 1. The van der Waals surface area contributed by atoms with Gasteiger partial charge in [0, 0.05) is 12.3 Å². The number of rotatable bonds is 8. The van der Waals surface area contributed by atoms with Gasteiger partial charge in [-0.15, -0.1) is 0 Å². The first-order valence-electron chi connectivity index (χ1n) is 7.87. The van der Waals surface area contributed by atoms with E-state index in [9.17, 15) is 9.59 Å². The fourth-order valence-electron chi connectivity index (χ4n) is 2.13. The van der Waals surface area contributed by atoms with Crippen LogP contribution < -0.4 is 5.32 Å². The van der Waals surface area contributed by atoms with Crippen LogP contribution in [0.2, 0.25) is 0 Å². The summed E-state index contributed by atoms with van der Waals surface area (Å²) in [4.78, 5) is 24.0. The van der Waals surface area contributed by atoms with Crippen molar-refractivity contribution in [2.75, 3.05) is 25.1 Å². The van der Waals surface area contributed by atoms with E-state index >= 15 is 0 Å². The molecule has 2 rings (SSSR count). The van der Waals surface area contributed by atoms with Crippen LogP contribution in [0.1, 0.15) is 22.8 Å². The summed E-state index contributed by atoms with van der Waals surface area (Å²) in [7, 11) is 0. The second kappa shape index (κ2) is 9.47. The van der Waals surface area contributed by atoms with Gasteiger partial charge >= 0.3 is 5.97 Å². The summed E-state index contributed by atoms with van der Waals surface area (Å²) in [6.07, 6.45) is 0.282. The number of ether oxygens (including phenoxy) is 2.